The molecule has 4 heterocycles. The van der Waals surface area contributed by atoms with Gasteiger partial charge in [0.25, 0.3) is 0 Å². The van der Waals surface area contributed by atoms with E-state index in [1.807, 2.05) is 42.5 Å². The minimum absolute atomic E-state index is 0.629. The molecule has 2 fully saturated rings. The normalized spacial score (nSPS) is 17.0. The number of rotatable bonds is 6. The molecule has 0 amide bonds. The van der Waals surface area contributed by atoms with Crippen LogP contribution in [0, 0.1) is 0 Å². The molecule has 0 saturated carbocycles. The monoisotopic (exact) mass is 512 g/mol. The van der Waals surface area contributed by atoms with Crippen molar-refractivity contribution in [2.24, 2.45) is 5.10 Å². The summed E-state index contributed by atoms with van der Waals surface area (Å²) in [5, 5.41) is 4.35. The van der Waals surface area contributed by atoms with Crippen molar-refractivity contribution in [2.45, 2.75) is 0 Å². The van der Waals surface area contributed by atoms with Gasteiger partial charge >= 0.3 is 0 Å². The highest BCUT2D eigenvalue weighted by Gasteiger charge is 2.19. The van der Waals surface area contributed by atoms with Crippen LogP contribution >= 0.6 is 15.9 Å². The van der Waals surface area contributed by atoms with Crippen molar-refractivity contribution in [3.05, 3.63) is 52.7 Å². The Kier molecular flexibility index (Phi) is 6.84. The van der Waals surface area contributed by atoms with E-state index in [1.165, 1.54) is 0 Å². The molecule has 172 valence electrons. The summed E-state index contributed by atoms with van der Waals surface area (Å²) in [6, 6.07) is 13.7. The maximum Gasteiger partial charge on any atom is 0.229 e. The van der Waals surface area contributed by atoms with Crippen molar-refractivity contribution < 1.29 is 13.9 Å². The molecule has 1 N–H and O–H groups in total. The summed E-state index contributed by atoms with van der Waals surface area (Å²) < 4.78 is 17.9. The Hall–Kier alpha value is -2.95. The van der Waals surface area contributed by atoms with E-state index < -0.39 is 0 Å². The second-order valence-electron chi connectivity index (χ2n) is 7.69. The maximum absolute atomic E-state index is 5.90. The molecule has 2 saturated heterocycles. The standard InChI is InChI=1S/C23H25BrN6O3/c24-18-3-1-17(2-4-18)20-6-5-19(33-20)16-25-28-21-15-22(29-7-11-31-12-8-29)27-23(26-21)30-9-13-32-14-10-30/h1-6,15-16H,7-14H2,(H,26,27,28)/b25-16+. The fourth-order valence-corrected chi connectivity index (χ4v) is 3.96. The van der Waals surface area contributed by atoms with Gasteiger partial charge in [0.05, 0.1) is 32.6 Å². The van der Waals surface area contributed by atoms with Gasteiger partial charge in [-0.2, -0.15) is 15.1 Å². The SMILES string of the molecule is Brc1ccc(-c2ccc(/C=N/Nc3cc(N4CCOCC4)nc(N4CCOCC4)n3)o2)cc1. The molecule has 9 nitrogen and oxygen atoms in total. The number of hydrogen-bond donors (Lipinski definition) is 1. The molecule has 0 aliphatic carbocycles. The summed E-state index contributed by atoms with van der Waals surface area (Å²) in [6.07, 6.45) is 1.65. The Morgan fingerprint density at radius 3 is 2.30 bits per heavy atom. The molecule has 10 heteroatoms. The van der Waals surface area contributed by atoms with Gasteiger partial charge in [-0.05, 0) is 24.3 Å². The van der Waals surface area contributed by atoms with Crippen LogP contribution in [0.4, 0.5) is 17.6 Å². The number of ether oxygens (including phenoxy) is 2. The van der Waals surface area contributed by atoms with Gasteiger partial charge in [0.2, 0.25) is 5.95 Å². The highest BCUT2D eigenvalue weighted by molar-refractivity contribution is 9.10. The first-order valence-electron chi connectivity index (χ1n) is 10.9. The molecule has 5 rings (SSSR count). The number of hydrogen-bond acceptors (Lipinski definition) is 9. The van der Waals surface area contributed by atoms with E-state index in [0.717, 1.165) is 47.8 Å². The van der Waals surface area contributed by atoms with Gasteiger partial charge in [0.1, 0.15) is 17.3 Å². The fraction of sp³-hybridized carbons (Fsp3) is 0.348. The van der Waals surface area contributed by atoms with E-state index in [-0.39, 0.29) is 0 Å². The lowest BCUT2D eigenvalue weighted by Crippen LogP contribution is -2.39. The van der Waals surface area contributed by atoms with Gasteiger partial charge in [0, 0.05) is 42.3 Å². The van der Waals surface area contributed by atoms with E-state index in [9.17, 15) is 0 Å². The molecular formula is C23H25BrN6O3. The number of halogens is 1. The Bertz CT molecular complexity index is 1060. The zero-order chi connectivity index (χ0) is 22.5. The van der Waals surface area contributed by atoms with Crippen LogP contribution in [0.3, 0.4) is 0 Å². The zero-order valence-corrected chi connectivity index (χ0v) is 19.7. The van der Waals surface area contributed by atoms with Gasteiger partial charge in [-0.15, -0.1) is 0 Å². The van der Waals surface area contributed by atoms with Gasteiger partial charge in [-0.1, -0.05) is 28.1 Å². The first kappa shape index (κ1) is 21.9. The molecular weight excluding hydrogens is 488 g/mol. The summed E-state index contributed by atoms with van der Waals surface area (Å²) in [5.74, 6) is 3.61. The Morgan fingerprint density at radius 2 is 1.58 bits per heavy atom. The predicted molar refractivity (Wildman–Crippen MR) is 131 cm³/mol. The van der Waals surface area contributed by atoms with E-state index in [1.54, 1.807) is 6.21 Å². The third kappa shape index (κ3) is 5.52. The lowest BCUT2D eigenvalue weighted by Gasteiger charge is -2.31. The first-order chi connectivity index (χ1) is 16.2. The topological polar surface area (TPSA) is 88.2 Å². The quantitative estimate of drug-likeness (QED) is 0.395. The average Bonchev–Trinajstić information content (AvgIpc) is 3.34. The number of aromatic nitrogens is 2. The number of nitrogens with zero attached hydrogens (tertiary/aromatic N) is 5. The van der Waals surface area contributed by atoms with Crippen LogP contribution in [0.5, 0.6) is 0 Å². The number of nitrogens with one attached hydrogen (secondary N) is 1. The second kappa shape index (κ2) is 10.3. The van der Waals surface area contributed by atoms with Crippen molar-refractivity contribution in [1.29, 1.82) is 0 Å². The highest BCUT2D eigenvalue weighted by atomic mass is 79.9. The third-order valence-electron chi connectivity index (χ3n) is 5.46. The molecule has 2 aromatic heterocycles. The summed E-state index contributed by atoms with van der Waals surface area (Å²) >= 11 is 3.45. The summed E-state index contributed by atoms with van der Waals surface area (Å²) in [6.45, 7) is 5.85. The van der Waals surface area contributed by atoms with Gasteiger partial charge in [-0.3, -0.25) is 5.43 Å². The van der Waals surface area contributed by atoms with Crippen LogP contribution in [0.15, 0.2) is 56.5 Å². The number of morpholine rings is 2. The number of hydrazone groups is 1. The van der Waals surface area contributed by atoms with Crippen LogP contribution in [0.2, 0.25) is 0 Å². The van der Waals surface area contributed by atoms with Crippen molar-refractivity contribution in [1.82, 2.24) is 9.97 Å². The molecule has 0 radical (unpaired) electrons. The van der Waals surface area contributed by atoms with Crippen molar-refractivity contribution in [3.8, 4) is 11.3 Å². The van der Waals surface area contributed by atoms with Crippen LogP contribution in [0.25, 0.3) is 11.3 Å². The third-order valence-corrected chi connectivity index (χ3v) is 5.98. The van der Waals surface area contributed by atoms with Crippen LogP contribution in [-0.2, 0) is 9.47 Å². The number of benzene rings is 1. The van der Waals surface area contributed by atoms with Crippen molar-refractivity contribution >= 4 is 39.7 Å². The molecule has 33 heavy (non-hydrogen) atoms. The molecule has 0 unspecified atom stereocenters. The summed E-state index contributed by atoms with van der Waals surface area (Å²) in [7, 11) is 0. The summed E-state index contributed by atoms with van der Waals surface area (Å²) in [5.41, 5.74) is 4.05. The molecule has 0 bridgehead atoms. The predicted octanol–water partition coefficient (Wildman–Crippen LogP) is 3.62. The van der Waals surface area contributed by atoms with Gasteiger partial charge in [-0.25, -0.2) is 0 Å². The average molecular weight is 513 g/mol. The van der Waals surface area contributed by atoms with E-state index in [2.05, 4.69) is 41.2 Å². The van der Waals surface area contributed by atoms with Crippen LogP contribution in [-0.4, -0.2) is 68.8 Å². The molecule has 2 aliphatic rings. The first-order valence-corrected chi connectivity index (χ1v) is 11.7. The molecule has 2 aliphatic heterocycles. The lowest BCUT2D eigenvalue weighted by atomic mass is 10.2. The molecule has 0 spiro atoms. The minimum Gasteiger partial charge on any atom is -0.455 e. The highest BCUT2D eigenvalue weighted by Crippen LogP contribution is 2.24. The Morgan fingerprint density at radius 1 is 0.879 bits per heavy atom. The van der Waals surface area contributed by atoms with E-state index in [0.29, 0.717) is 44.0 Å². The van der Waals surface area contributed by atoms with Gasteiger partial charge in [0.15, 0.2) is 5.82 Å². The molecule has 1 aromatic carbocycles. The second-order valence-corrected chi connectivity index (χ2v) is 8.60. The summed E-state index contributed by atoms with van der Waals surface area (Å²) in [4.78, 5) is 13.8. The van der Waals surface area contributed by atoms with Crippen molar-refractivity contribution in [2.75, 3.05) is 67.8 Å². The largest absolute Gasteiger partial charge is 0.455 e. The Labute approximate surface area is 200 Å². The smallest absolute Gasteiger partial charge is 0.229 e. The van der Waals surface area contributed by atoms with Crippen LogP contribution in [0.1, 0.15) is 5.76 Å². The number of anilines is 3. The van der Waals surface area contributed by atoms with E-state index in [4.69, 9.17) is 18.9 Å². The fourth-order valence-electron chi connectivity index (χ4n) is 3.69. The maximum atomic E-state index is 5.90. The van der Waals surface area contributed by atoms with Crippen molar-refractivity contribution in [3.63, 3.8) is 0 Å². The molecule has 3 aromatic rings. The minimum atomic E-state index is 0.629. The lowest BCUT2D eigenvalue weighted by molar-refractivity contribution is 0.121. The van der Waals surface area contributed by atoms with Gasteiger partial charge < -0.3 is 23.7 Å². The molecule has 0 atom stereocenters. The Balaban J connectivity index is 1.32. The zero-order valence-electron chi connectivity index (χ0n) is 18.1. The number of furan rings is 1. The van der Waals surface area contributed by atoms with E-state index >= 15 is 0 Å². The van der Waals surface area contributed by atoms with Crippen LogP contribution < -0.4 is 15.2 Å².